The van der Waals surface area contributed by atoms with Crippen LogP contribution in [0.1, 0.15) is 56.6 Å². The lowest BCUT2D eigenvalue weighted by Crippen LogP contribution is -2.29. The SMILES string of the molecule is C=C(COC(=O)C(C)C)[C@H]1Oc2cc(C(C)=O)ccc2[C@@H]1OC(=O)C(C)C. The summed E-state index contributed by atoms with van der Waals surface area (Å²) in [7, 11) is 0. The smallest absolute Gasteiger partial charge is 0.309 e. The number of esters is 2. The van der Waals surface area contributed by atoms with Gasteiger partial charge in [0.1, 0.15) is 12.4 Å². The summed E-state index contributed by atoms with van der Waals surface area (Å²) in [5.41, 5.74) is 1.64. The Bertz CT molecular complexity index is 762. The van der Waals surface area contributed by atoms with Gasteiger partial charge < -0.3 is 14.2 Å². The lowest BCUT2D eigenvalue weighted by molar-refractivity contribution is -0.156. The van der Waals surface area contributed by atoms with Crippen LogP contribution >= 0.6 is 0 Å². The van der Waals surface area contributed by atoms with Crippen molar-refractivity contribution in [2.45, 2.75) is 46.8 Å². The molecule has 1 aliphatic heterocycles. The van der Waals surface area contributed by atoms with Gasteiger partial charge >= 0.3 is 11.9 Å². The third-order valence-corrected chi connectivity index (χ3v) is 4.24. The highest BCUT2D eigenvalue weighted by Crippen LogP contribution is 2.42. The molecule has 2 atom stereocenters. The second kappa shape index (κ2) is 8.37. The third kappa shape index (κ3) is 4.76. The van der Waals surface area contributed by atoms with Crippen molar-refractivity contribution < 1.29 is 28.6 Å². The maximum Gasteiger partial charge on any atom is 0.309 e. The van der Waals surface area contributed by atoms with E-state index >= 15 is 0 Å². The molecule has 146 valence electrons. The van der Waals surface area contributed by atoms with Crippen molar-refractivity contribution >= 4 is 17.7 Å². The molecule has 1 heterocycles. The van der Waals surface area contributed by atoms with E-state index in [1.165, 1.54) is 6.92 Å². The predicted molar refractivity (Wildman–Crippen MR) is 99.5 cm³/mol. The maximum atomic E-state index is 12.2. The largest absolute Gasteiger partial charge is 0.481 e. The molecule has 0 saturated carbocycles. The first-order valence-electron chi connectivity index (χ1n) is 8.98. The summed E-state index contributed by atoms with van der Waals surface area (Å²) in [6, 6.07) is 5.02. The minimum absolute atomic E-state index is 0.0367. The molecule has 1 aromatic carbocycles. The zero-order valence-corrected chi connectivity index (χ0v) is 16.4. The maximum absolute atomic E-state index is 12.2. The Morgan fingerprint density at radius 2 is 1.74 bits per heavy atom. The average molecular weight is 374 g/mol. The Balaban J connectivity index is 2.26. The molecular weight excluding hydrogens is 348 g/mol. The molecule has 2 rings (SSSR count). The number of fused-ring (bicyclic) bond motifs is 1. The van der Waals surface area contributed by atoms with Crippen LogP contribution in [-0.4, -0.2) is 30.4 Å². The molecule has 1 aromatic rings. The van der Waals surface area contributed by atoms with Crippen molar-refractivity contribution in [3.05, 3.63) is 41.5 Å². The molecule has 0 bridgehead atoms. The highest BCUT2D eigenvalue weighted by Gasteiger charge is 2.40. The molecule has 0 N–H and O–H groups in total. The molecule has 6 heteroatoms. The van der Waals surface area contributed by atoms with Crippen LogP contribution in [-0.2, 0) is 19.1 Å². The van der Waals surface area contributed by atoms with Gasteiger partial charge in [-0.1, -0.05) is 46.4 Å². The Morgan fingerprint density at radius 1 is 1.11 bits per heavy atom. The number of rotatable bonds is 7. The third-order valence-electron chi connectivity index (χ3n) is 4.24. The van der Waals surface area contributed by atoms with Crippen molar-refractivity contribution in [1.82, 2.24) is 0 Å². The van der Waals surface area contributed by atoms with E-state index in [4.69, 9.17) is 14.2 Å². The molecular formula is C21H26O6. The van der Waals surface area contributed by atoms with E-state index in [0.717, 1.165) is 0 Å². The van der Waals surface area contributed by atoms with Crippen LogP contribution in [0, 0.1) is 11.8 Å². The Labute approximate surface area is 159 Å². The fourth-order valence-electron chi connectivity index (χ4n) is 2.55. The van der Waals surface area contributed by atoms with Crippen molar-refractivity contribution in [1.29, 1.82) is 0 Å². The van der Waals surface area contributed by atoms with Crippen LogP contribution < -0.4 is 4.74 Å². The quantitative estimate of drug-likeness (QED) is 0.412. The van der Waals surface area contributed by atoms with E-state index in [1.54, 1.807) is 45.9 Å². The highest BCUT2D eigenvalue weighted by atomic mass is 16.6. The average Bonchev–Trinajstić information content (AvgIpc) is 2.96. The summed E-state index contributed by atoms with van der Waals surface area (Å²) < 4.78 is 16.8. The van der Waals surface area contributed by atoms with Gasteiger partial charge in [0, 0.05) is 16.7 Å². The van der Waals surface area contributed by atoms with Crippen LogP contribution in [0.5, 0.6) is 5.75 Å². The molecule has 6 nitrogen and oxygen atoms in total. The number of carbonyl (C=O) groups excluding carboxylic acids is 3. The molecule has 1 aliphatic rings. The standard InChI is InChI=1S/C21H26O6/c1-11(2)20(23)25-10-13(5)18-19(27-21(24)12(3)4)16-8-7-15(14(6)22)9-17(16)26-18/h7-9,11-12,18-19H,5,10H2,1-4,6H3/t18-,19+/m1/s1. The fourth-order valence-corrected chi connectivity index (χ4v) is 2.55. The summed E-state index contributed by atoms with van der Waals surface area (Å²) >= 11 is 0. The molecule has 0 fully saturated rings. The lowest BCUT2D eigenvalue weighted by Gasteiger charge is -2.22. The molecule has 0 spiro atoms. The number of Topliss-reactive ketones (excluding diaryl/α,β-unsaturated/α-hetero) is 1. The fraction of sp³-hybridized carbons (Fsp3) is 0.476. The number of benzene rings is 1. The van der Waals surface area contributed by atoms with E-state index in [9.17, 15) is 14.4 Å². The minimum atomic E-state index is -0.707. The van der Waals surface area contributed by atoms with Crippen LogP contribution in [0.15, 0.2) is 30.4 Å². The Kier molecular flexibility index (Phi) is 6.41. The topological polar surface area (TPSA) is 78.9 Å². The predicted octanol–water partition coefficient (Wildman–Crippen LogP) is 3.65. The van der Waals surface area contributed by atoms with Gasteiger partial charge in [0.05, 0.1) is 11.8 Å². The second-order valence-electron chi connectivity index (χ2n) is 7.28. The summed E-state index contributed by atoms with van der Waals surface area (Å²) in [4.78, 5) is 35.5. The molecule has 0 amide bonds. The van der Waals surface area contributed by atoms with Crippen LogP contribution in [0.4, 0.5) is 0 Å². The first kappa shape index (κ1) is 20.7. The summed E-state index contributed by atoms with van der Waals surface area (Å²) in [6.45, 7) is 12.3. The van der Waals surface area contributed by atoms with E-state index in [-0.39, 0.29) is 36.2 Å². The first-order valence-corrected chi connectivity index (χ1v) is 8.98. The Hall–Kier alpha value is -2.63. The van der Waals surface area contributed by atoms with Gasteiger partial charge in [-0.05, 0) is 13.0 Å². The van der Waals surface area contributed by atoms with Gasteiger partial charge in [-0.2, -0.15) is 0 Å². The monoisotopic (exact) mass is 374 g/mol. The molecule has 0 aromatic heterocycles. The second-order valence-corrected chi connectivity index (χ2v) is 7.28. The first-order chi connectivity index (χ1) is 12.6. The van der Waals surface area contributed by atoms with Crippen LogP contribution in [0.2, 0.25) is 0 Å². The van der Waals surface area contributed by atoms with E-state index in [2.05, 4.69) is 6.58 Å². The zero-order valence-electron chi connectivity index (χ0n) is 16.4. The van der Waals surface area contributed by atoms with Gasteiger partial charge in [0.2, 0.25) is 0 Å². The highest BCUT2D eigenvalue weighted by molar-refractivity contribution is 5.94. The molecule has 0 aliphatic carbocycles. The summed E-state index contributed by atoms with van der Waals surface area (Å²) in [5.74, 6) is -0.911. The van der Waals surface area contributed by atoms with Crippen LogP contribution in [0.25, 0.3) is 0 Å². The lowest BCUT2D eigenvalue weighted by atomic mass is 9.99. The van der Waals surface area contributed by atoms with Crippen molar-refractivity contribution in [2.24, 2.45) is 11.8 Å². The van der Waals surface area contributed by atoms with Crippen molar-refractivity contribution in [2.75, 3.05) is 6.61 Å². The van der Waals surface area contributed by atoms with Gasteiger partial charge in [-0.15, -0.1) is 0 Å². The normalized spacial score (nSPS) is 18.0. The minimum Gasteiger partial charge on any atom is -0.481 e. The Morgan fingerprint density at radius 3 is 2.30 bits per heavy atom. The molecule has 27 heavy (non-hydrogen) atoms. The van der Waals surface area contributed by atoms with Crippen LogP contribution in [0.3, 0.4) is 0 Å². The van der Waals surface area contributed by atoms with Crippen molar-refractivity contribution in [3.63, 3.8) is 0 Å². The van der Waals surface area contributed by atoms with Gasteiger partial charge in [-0.3, -0.25) is 14.4 Å². The van der Waals surface area contributed by atoms with Crippen molar-refractivity contribution in [3.8, 4) is 5.75 Å². The summed E-state index contributed by atoms with van der Waals surface area (Å²) in [6.07, 6.45) is -1.40. The van der Waals surface area contributed by atoms with E-state index in [1.807, 2.05) is 0 Å². The van der Waals surface area contributed by atoms with E-state index < -0.39 is 12.2 Å². The van der Waals surface area contributed by atoms with Gasteiger partial charge in [0.25, 0.3) is 0 Å². The molecule has 0 radical (unpaired) electrons. The zero-order chi connectivity index (χ0) is 20.3. The molecule has 0 unspecified atom stereocenters. The molecule has 0 saturated heterocycles. The summed E-state index contributed by atoms with van der Waals surface area (Å²) in [5, 5.41) is 0. The number of hydrogen-bond donors (Lipinski definition) is 0. The van der Waals surface area contributed by atoms with E-state index in [0.29, 0.717) is 22.4 Å². The number of ether oxygens (including phenoxy) is 3. The van der Waals surface area contributed by atoms with Gasteiger partial charge in [0.15, 0.2) is 18.0 Å². The number of carbonyl (C=O) groups is 3. The van der Waals surface area contributed by atoms with Gasteiger partial charge in [-0.25, -0.2) is 0 Å². The number of hydrogen-bond acceptors (Lipinski definition) is 6. The number of ketones is 1.